The van der Waals surface area contributed by atoms with Crippen molar-refractivity contribution in [1.29, 1.82) is 0 Å². The van der Waals surface area contributed by atoms with E-state index in [1.165, 1.54) is 13.0 Å². The monoisotopic (exact) mass is 86.1 g/mol. The van der Waals surface area contributed by atoms with E-state index >= 15 is 0 Å². The maximum Gasteiger partial charge on any atom is 0.0140 e. The summed E-state index contributed by atoms with van der Waals surface area (Å²) in [6.07, 6.45) is 1.30. The summed E-state index contributed by atoms with van der Waals surface area (Å²) in [5, 5.41) is 2.11. The summed E-state index contributed by atoms with van der Waals surface area (Å²) >= 11 is 0. The van der Waals surface area contributed by atoms with Crippen LogP contribution in [0, 0.1) is 0 Å². The SMILES string of the molecule is CN1CCCN1. The van der Waals surface area contributed by atoms with Gasteiger partial charge in [0.15, 0.2) is 0 Å². The Morgan fingerprint density at radius 2 is 2.50 bits per heavy atom. The maximum atomic E-state index is 3.15. The minimum absolute atomic E-state index is 1.16. The van der Waals surface area contributed by atoms with E-state index in [1.54, 1.807) is 0 Å². The standard InChI is InChI=1S/C4H10N2/c1-6-4-2-3-5-6/h5H,2-4H2,1H3. The number of hydrazine groups is 1. The van der Waals surface area contributed by atoms with Gasteiger partial charge in [0.25, 0.3) is 0 Å². The molecule has 1 heterocycles. The van der Waals surface area contributed by atoms with Gasteiger partial charge >= 0.3 is 0 Å². The third-order valence-electron chi connectivity index (χ3n) is 1.05. The van der Waals surface area contributed by atoms with E-state index in [0.717, 1.165) is 6.54 Å². The second kappa shape index (κ2) is 1.58. The van der Waals surface area contributed by atoms with Crippen LogP contribution >= 0.6 is 0 Å². The second-order valence-corrected chi connectivity index (χ2v) is 1.68. The highest BCUT2D eigenvalue weighted by atomic mass is 15.5. The smallest absolute Gasteiger partial charge is 0.0140 e. The molecule has 0 aromatic heterocycles. The predicted octanol–water partition coefficient (Wildman–Crippen LogP) is -0.173. The average Bonchev–Trinajstić information content (AvgIpc) is 1.86. The number of nitrogens with one attached hydrogen (secondary N) is 1. The van der Waals surface area contributed by atoms with Crippen molar-refractivity contribution in [2.45, 2.75) is 6.42 Å². The molecule has 0 spiro atoms. The van der Waals surface area contributed by atoms with Gasteiger partial charge in [-0.25, -0.2) is 5.01 Å². The molecule has 1 rings (SSSR count). The molecule has 1 N–H and O–H groups in total. The van der Waals surface area contributed by atoms with Crippen LogP contribution in [0.25, 0.3) is 0 Å². The van der Waals surface area contributed by atoms with E-state index in [0.29, 0.717) is 0 Å². The lowest BCUT2D eigenvalue weighted by Crippen LogP contribution is -2.25. The van der Waals surface area contributed by atoms with E-state index < -0.39 is 0 Å². The molecule has 1 aliphatic rings. The number of nitrogens with zero attached hydrogens (tertiary/aromatic N) is 1. The van der Waals surface area contributed by atoms with Crippen molar-refractivity contribution in [2.75, 3.05) is 20.1 Å². The summed E-state index contributed by atoms with van der Waals surface area (Å²) in [6, 6.07) is 0. The van der Waals surface area contributed by atoms with Crippen LogP contribution in [0.1, 0.15) is 6.42 Å². The van der Waals surface area contributed by atoms with Crippen molar-refractivity contribution < 1.29 is 0 Å². The van der Waals surface area contributed by atoms with Crippen molar-refractivity contribution in [3.63, 3.8) is 0 Å². The van der Waals surface area contributed by atoms with Crippen molar-refractivity contribution in [3.8, 4) is 0 Å². The van der Waals surface area contributed by atoms with Gasteiger partial charge in [0.1, 0.15) is 0 Å². The van der Waals surface area contributed by atoms with Crippen LogP contribution in [-0.4, -0.2) is 25.1 Å². The van der Waals surface area contributed by atoms with E-state index in [2.05, 4.69) is 17.5 Å². The Kier molecular flexibility index (Phi) is 1.08. The molecule has 0 saturated carbocycles. The second-order valence-electron chi connectivity index (χ2n) is 1.68. The van der Waals surface area contributed by atoms with Gasteiger partial charge in [0, 0.05) is 20.1 Å². The van der Waals surface area contributed by atoms with Crippen LogP contribution in [0.3, 0.4) is 0 Å². The van der Waals surface area contributed by atoms with E-state index in [4.69, 9.17) is 0 Å². The predicted molar refractivity (Wildman–Crippen MR) is 25.2 cm³/mol. The lowest BCUT2D eigenvalue weighted by atomic mass is 10.5. The zero-order valence-corrected chi connectivity index (χ0v) is 4.07. The molecule has 36 valence electrons. The molecule has 1 saturated heterocycles. The van der Waals surface area contributed by atoms with Crippen molar-refractivity contribution in [3.05, 3.63) is 0 Å². The molecule has 0 atom stereocenters. The fourth-order valence-corrected chi connectivity index (χ4v) is 0.665. The number of hydrogen-bond donors (Lipinski definition) is 1. The minimum atomic E-state index is 1.16. The maximum absolute atomic E-state index is 3.15. The molecule has 2 nitrogen and oxygen atoms in total. The van der Waals surface area contributed by atoms with Gasteiger partial charge in [-0.15, -0.1) is 0 Å². The Bertz CT molecular complexity index is 38.8. The highest BCUT2D eigenvalue weighted by Gasteiger charge is 2.01. The van der Waals surface area contributed by atoms with Crippen molar-refractivity contribution in [2.24, 2.45) is 0 Å². The molecular weight excluding hydrogens is 76.1 g/mol. The zero-order chi connectivity index (χ0) is 4.41. The third kappa shape index (κ3) is 0.698. The quantitative estimate of drug-likeness (QED) is 0.440. The lowest BCUT2D eigenvalue weighted by Gasteiger charge is -2.03. The van der Waals surface area contributed by atoms with Crippen molar-refractivity contribution in [1.82, 2.24) is 10.4 Å². The van der Waals surface area contributed by atoms with Crippen LogP contribution < -0.4 is 5.43 Å². The number of hydrogen-bond acceptors (Lipinski definition) is 2. The van der Waals surface area contributed by atoms with E-state index in [-0.39, 0.29) is 0 Å². The molecular formula is C4H10N2. The topological polar surface area (TPSA) is 15.3 Å². The Labute approximate surface area is 38.1 Å². The molecule has 1 aliphatic heterocycles. The van der Waals surface area contributed by atoms with Gasteiger partial charge < -0.3 is 0 Å². The van der Waals surface area contributed by atoms with Gasteiger partial charge in [-0.1, -0.05) is 0 Å². The van der Waals surface area contributed by atoms with Gasteiger partial charge in [0.2, 0.25) is 0 Å². The van der Waals surface area contributed by atoms with Gasteiger partial charge in [-0.3, -0.25) is 5.43 Å². The molecule has 0 aliphatic carbocycles. The normalized spacial score (nSPS) is 25.5. The minimum Gasteiger partial charge on any atom is -0.255 e. The van der Waals surface area contributed by atoms with Crippen LogP contribution in [0.15, 0.2) is 0 Å². The Balaban J connectivity index is 2.18. The summed E-state index contributed by atoms with van der Waals surface area (Å²) in [4.78, 5) is 0. The van der Waals surface area contributed by atoms with Crippen molar-refractivity contribution >= 4 is 0 Å². The van der Waals surface area contributed by atoms with Gasteiger partial charge in [0.05, 0.1) is 0 Å². The molecule has 0 radical (unpaired) electrons. The Hall–Kier alpha value is -0.0800. The molecule has 2 heteroatoms. The third-order valence-corrected chi connectivity index (χ3v) is 1.05. The molecule has 0 amide bonds. The summed E-state index contributed by atoms with van der Waals surface area (Å²) in [5.74, 6) is 0. The first-order valence-corrected chi connectivity index (χ1v) is 2.34. The van der Waals surface area contributed by atoms with Crippen LogP contribution in [0.5, 0.6) is 0 Å². The first-order valence-electron chi connectivity index (χ1n) is 2.34. The Morgan fingerprint density at radius 3 is 2.67 bits per heavy atom. The summed E-state index contributed by atoms with van der Waals surface area (Å²) in [5.41, 5.74) is 3.15. The van der Waals surface area contributed by atoms with E-state index in [1.807, 2.05) is 0 Å². The molecule has 1 fully saturated rings. The highest BCUT2D eigenvalue weighted by molar-refractivity contribution is 4.54. The van der Waals surface area contributed by atoms with Gasteiger partial charge in [-0.2, -0.15) is 0 Å². The highest BCUT2D eigenvalue weighted by Crippen LogP contribution is 1.88. The molecule has 0 unspecified atom stereocenters. The molecule has 0 aromatic rings. The van der Waals surface area contributed by atoms with E-state index in [9.17, 15) is 0 Å². The Morgan fingerprint density at radius 1 is 1.67 bits per heavy atom. The summed E-state index contributed by atoms with van der Waals surface area (Å²) in [7, 11) is 2.06. The fourth-order valence-electron chi connectivity index (χ4n) is 0.665. The van der Waals surface area contributed by atoms with Crippen LogP contribution in [-0.2, 0) is 0 Å². The zero-order valence-electron chi connectivity index (χ0n) is 4.07. The largest absolute Gasteiger partial charge is 0.255 e. The van der Waals surface area contributed by atoms with Crippen LogP contribution in [0.4, 0.5) is 0 Å². The lowest BCUT2D eigenvalue weighted by molar-refractivity contribution is 0.316. The summed E-state index contributed by atoms with van der Waals surface area (Å²) in [6.45, 7) is 2.37. The first kappa shape index (κ1) is 4.09. The van der Waals surface area contributed by atoms with Crippen LogP contribution in [0.2, 0.25) is 0 Å². The summed E-state index contributed by atoms with van der Waals surface area (Å²) < 4.78 is 0. The molecule has 6 heavy (non-hydrogen) atoms. The number of rotatable bonds is 0. The molecule has 0 bridgehead atoms. The van der Waals surface area contributed by atoms with Gasteiger partial charge in [-0.05, 0) is 6.42 Å². The fraction of sp³-hybridized carbons (Fsp3) is 1.00. The average molecular weight is 86.1 g/mol. The molecule has 0 aromatic carbocycles. The first-order chi connectivity index (χ1) is 2.89.